The number of halogens is 3. The summed E-state index contributed by atoms with van der Waals surface area (Å²) in [6.45, 7) is 1.57. The monoisotopic (exact) mass is 504 g/mol. The topological polar surface area (TPSA) is 60.4 Å². The van der Waals surface area contributed by atoms with Crippen molar-refractivity contribution in [2.24, 2.45) is 0 Å². The van der Waals surface area contributed by atoms with Gasteiger partial charge in [0, 0.05) is 12.8 Å². The molecule has 8 heteroatoms. The van der Waals surface area contributed by atoms with Crippen molar-refractivity contribution in [2.45, 2.75) is 43.1 Å². The van der Waals surface area contributed by atoms with Crippen LogP contribution in [0.4, 0.5) is 8.78 Å². The molecule has 4 nitrogen and oxygen atoms in total. The van der Waals surface area contributed by atoms with Gasteiger partial charge in [0.2, 0.25) is 0 Å². The Labute approximate surface area is 202 Å². The Hall–Kier alpha value is -2.77. The molecule has 0 bridgehead atoms. The maximum Gasteiger partial charge on any atom is 0.178 e. The predicted molar refractivity (Wildman–Crippen MR) is 126 cm³/mol. The Kier molecular flexibility index (Phi) is 6.78. The summed E-state index contributed by atoms with van der Waals surface area (Å²) >= 11 is 5.75. The lowest BCUT2D eigenvalue weighted by atomic mass is 10.0. The van der Waals surface area contributed by atoms with Crippen LogP contribution >= 0.6 is 11.6 Å². The third-order valence-electron chi connectivity index (χ3n) is 5.92. The largest absolute Gasteiger partial charge is 0.479 e. The van der Waals surface area contributed by atoms with E-state index in [2.05, 4.69) is 0 Å². The predicted octanol–water partition coefficient (Wildman–Crippen LogP) is 5.83. The Morgan fingerprint density at radius 3 is 2.18 bits per heavy atom. The number of benzene rings is 3. The van der Waals surface area contributed by atoms with Crippen LogP contribution in [0.1, 0.15) is 36.5 Å². The molecule has 0 aromatic heterocycles. The van der Waals surface area contributed by atoms with E-state index in [0.29, 0.717) is 29.5 Å². The van der Waals surface area contributed by atoms with Crippen molar-refractivity contribution in [1.82, 2.24) is 0 Å². The van der Waals surface area contributed by atoms with Gasteiger partial charge in [0.15, 0.2) is 21.4 Å². The molecule has 0 spiro atoms. The van der Waals surface area contributed by atoms with Crippen molar-refractivity contribution < 1.29 is 26.7 Å². The minimum absolute atomic E-state index is 0.00819. The molecule has 3 aromatic rings. The molecule has 4 rings (SSSR count). The molecule has 0 unspecified atom stereocenters. The maximum absolute atomic E-state index is 14.7. The number of Topliss-reactive ketones (excluding diaryl/α,β-unsaturated/α-hetero) is 1. The van der Waals surface area contributed by atoms with Gasteiger partial charge in [-0.2, -0.15) is 0 Å². The van der Waals surface area contributed by atoms with Crippen molar-refractivity contribution in [3.05, 3.63) is 94.0 Å². The fourth-order valence-electron chi connectivity index (χ4n) is 3.79. The second-order valence-electron chi connectivity index (χ2n) is 8.43. The highest BCUT2D eigenvalue weighted by Gasteiger charge is 2.48. The van der Waals surface area contributed by atoms with Gasteiger partial charge in [-0.3, -0.25) is 4.79 Å². The standard InChI is InChI=1S/C26H23ClF2O4S/c1-2-34(31,32)21-7-3-17(4-8-21)13-20(30)14-18-5-10-25(24(29)15-18)33-26(11-12-26)19-6-9-22(27)23(28)16-19/h3-10,15-16H,2,11-14H2,1H3. The number of sulfone groups is 1. The summed E-state index contributed by atoms with van der Waals surface area (Å²) in [6.07, 6.45) is 1.40. The molecule has 1 aliphatic carbocycles. The van der Waals surface area contributed by atoms with Crippen LogP contribution in [0.2, 0.25) is 5.02 Å². The van der Waals surface area contributed by atoms with Crippen molar-refractivity contribution in [1.29, 1.82) is 0 Å². The van der Waals surface area contributed by atoms with E-state index < -0.39 is 27.1 Å². The summed E-state index contributed by atoms with van der Waals surface area (Å²) in [7, 11) is -3.29. The fourth-order valence-corrected chi connectivity index (χ4v) is 4.79. The van der Waals surface area contributed by atoms with E-state index in [4.69, 9.17) is 16.3 Å². The van der Waals surface area contributed by atoms with Gasteiger partial charge in [-0.25, -0.2) is 17.2 Å². The molecule has 0 heterocycles. The molecule has 0 N–H and O–H groups in total. The van der Waals surface area contributed by atoms with Gasteiger partial charge in [0.25, 0.3) is 0 Å². The highest BCUT2D eigenvalue weighted by Crippen LogP contribution is 2.50. The summed E-state index contributed by atoms with van der Waals surface area (Å²) < 4.78 is 58.3. The molecule has 0 saturated heterocycles. The second kappa shape index (κ2) is 9.47. The van der Waals surface area contributed by atoms with Crippen molar-refractivity contribution in [2.75, 3.05) is 5.75 Å². The third kappa shape index (κ3) is 5.31. The van der Waals surface area contributed by atoms with E-state index in [1.54, 1.807) is 31.2 Å². The number of rotatable bonds is 9. The van der Waals surface area contributed by atoms with Gasteiger partial charge < -0.3 is 4.74 Å². The van der Waals surface area contributed by atoms with E-state index in [1.807, 2.05) is 0 Å². The summed E-state index contributed by atoms with van der Waals surface area (Å²) in [5, 5.41) is 0.0155. The molecule has 0 radical (unpaired) electrons. The highest BCUT2D eigenvalue weighted by molar-refractivity contribution is 7.91. The SMILES string of the molecule is CCS(=O)(=O)c1ccc(CC(=O)Cc2ccc(OC3(c4ccc(Cl)c(F)c4)CC3)c(F)c2)cc1. The third-order valence-corrected chi connectivity index (χ3v) is 7.97. The van der Waals surface area contributed by atoms with Crippen LogP contribution in [0, 0.1) is 11.6 Å². The molecular weight excluding hydrogens is 482 g/mol. The average molecular weight is 505 g/mol. The highest BCUT2D eigenvalue weighted by atomic mass is 35.5. The molecule has 3 aromatic carbocycles. The summed E-state index contributed by atoms with van der Waals surface area (Å²) in [5.74, 6) is -1.23. The Bertz CT molecular complexity index is 1330. The number of carbonyl (C=O) groups is 1. The molecule has 0 amide bonds. The van der Waals surface area contributed by atoms with Gasteiger partial charge in [0.1, 0.15) is 17.2 Å². The smallest absolute Gasteiger partial charge is 0.178 e. The first-order chi connectivity index (χ1) is 16.1. The molecule has 0 atom stereocenters. The average Bonchev–Trinajstić information content (AvgIpc) is 3.58. The molecule has 178 valence electrons. The minimum Gasteiger partial charge on any atom is -0.479 e. The van der Waals surface area contributed by atoms with Crippen LogP contribution in [0.3, 0.4) is 0 Å². The van der Waals surface area contributed by atoms with Crippen LogP contribution in [0.5, 0.6) is 5.75 Å². The molecule has 1 fully saturated rings. The molecule has 34 heavy (non-hydrogen) atoms. The number of ether oxygens (including phenoxy) is 1. The second-order valence-corrected chi connectivity index (χ2v) is 11.1. The van der Waals surface area contributed by atoms with E-state index in [-0.39, 0.29) is 40.0 Å². The van der Waals surface area contributed by atoms with Crippen molar-refractivity contribution in [3.8, 4) is 5.75 Å². The maximum atomic E-state index is 14.7. The Morgan fingerprint density at radius 1 is 0.941 bits per heavy atom. The van der Waals surface area contributed by atoms with Crippen molar-refractivity contribution in [3.63, 3.8) is 0 Å². The van der Waals surface area contributed by atoms with Gasteiger partial charge in [0.05, 0.1) is 15.7 Å². The van der Waals surface area contributed by atoms with Crippen LogP contribution < -0.4 is 4.74 Å². The zero-order valence-corrected chi connectivity index (χ0v) is 20.1. The number of ketones is 1. The molecule has 1 aliphatic rings. The summed E-state index contributed by atoms with van der Waals surface area (Å²) in [4.78, 5) is 12.7. The molecule has 0 aliphatic heterocycles. The quantitative estimate of drug-likeness (QED) is 0.367. The molecular formula is C26H23ClF2O4S. The normalized spacial score (nSPS) is 14.6. The zero-order valence-electron chi connectivity index (χ0n) is 18.5. The lowest BCUT2D eigenvalue weighted by molar-refractivity contribution is -0.117. The van der Waals surface area contributed by atoms with Gasteiger partial charge in [-0.05, 0) is 65.9 Å². The molecule has 1 saturated carbocycles. The van der Waals surface area contributed by atoms with E-state index in [1.165, 1.54) is 36.4 Å². The lowest BCUT2D eigenvalue weighted by Crippen LogP contribution is -2.17. The fraction of sp³-hybridized carbons (Fsp3) is 0.269. The van der Waals surface area contributed by atoms with E-state index >= 15 is 0 Å². The van der Waals surface area contributed by atoms with Gasteiger partial charge >= 0.3 is 0 Å². The lowest BCUT2D eigenvalue weighted by Gasteiger charge is -2.19. The Balaban J connectivity index is 1.40. The van der Waals surface area contributed by atoms with Crippen LogP contribution in [0.25, 0.3) is 0 Å². The van der Waals surface area contributed by atoms with Crippen LogP contribution in [-0.4, -0.2) is 20.0 Å². The van der Waals surface area contributed by atoms with Crippen LogP contribution in [0.15, 0.2) is 65.6 Å². The van der Waals surface area contributed by atoms with Gasteiger partial charge in [-0.1, -0.05) is 42.8 Å². The first-order valence-corrected chi connectivity index (χ1v) is 12.9. The summed E-state index contributed by atoms with van der Waals surface area (Å²) in [6, 6.07) is 15.0. The summed E-state index contributed by atoms with van der Waals surface area (Å²) in [5.41, 5.74) is 1.01. The minimum atomic E-state index is -3.29. The van der Waals surface area contributed by atoms with E-state index in [9.17, 15) is 22.0 Å². The van der Waals surface area contributed by atoms with Crippen molar-refractivity contribution >= 4 is 27.2 Å². The number of hydrogen-bond donors (Lipinski definition) is 0. The van der Waals surface area contributed by atoms with Crippen LogP contribution in [-0.2, 0) is 33.1 Å². The number of hydrogen-bond acceptors (Lipinski definition) is 4. The van der Waals surface area contributed by atoms with E-state index in [0.717, 1.165) is 0 Å². The Morgan fingerprint density at radius 2 is 1.59 bits per heavy atom. The zero-order chi connectivity index (χ0) is 24.5. The first kappa shape index (κ1) is 24.4. The van der Waals surface area contributed by atoms with Gasteiger partial charge in [-0.15, -0.1) is 0 Å². The first-order valence-electron chi connectivity index (χ1n) is 10.9. The number of carbonyl (C=O) groups excluding carboxylic acids is 1.